The van der Waals surface area contributed by atoms with Crippen LogP contribution in [0.5, 0.6) is 0 Å². The van der Waals surface area contributed by atoms with Gasteiger partial charge in [-0.3, -0.25) is 9.89 Å². The molecule has 6 heteroatoms. The predicted octanol–water partition coefficient (Wildman–Crippen LogP) is 3.63. The first-order valence-corrected chi connectivity index (χ1v) is 8.41. The van der Waals surface area contributed by atoms with Crippen molar-refractivity contribution in [2.24, 2.45) is 0 Å². The highest BCUT2D eigenvalue weighted by Gasteiger charge is 2.11. The van der Waals surface area contributed by atoms with Crippen molar-refractivity contribution < 1.29 is 14.3 Å². The van der Waals surface area contributed by atoms with Gasteiger partial charge in [-0.15, -0.1) is 0 Å². The molecular weight excluding hydrogens is 342 g/mol. The van der Waals surface area contributed by atoms with E-state index in [1.54, 1.807) is 12.1 Å². The third-order valence-electron chi connectivity index (χ3n) is 4.01. The van der Waals surface area contributed by atoms with Crippen LogP contribution in [0, 0.1) is 11.8 Å². The van der Waals surface area contributed by atoms with Crippen LogP contribution in [0.25, 0.3) is 22.4 Å². The van der Waals surface area contributed by atoms with Crippen molar-refractivity contribution in [1.82, 2.24) is 15.2 Å². The third kappa shape index (κ3) is 3.88. The Kier molecular flexibility index (Phi) is 4.42. The second-order valence-corrected chi connectivity index (χ2v) is 5.98. The van der Waals surface area contributed by atoms with Gasteiger partial charge in [-0.25, -0.2) is 4.98 Å². The Balaban J connectivity index is 1.51. The molecule has 132 valence electrons. The van der Waals surface area contributed by atoms with E-state index in [1.165, 1.54) is 5.39 Å². The Morgan fingerprint density at radius 3 is 2.78 bits per heavy atom. The average molecular weight is 357 g/mol. The van der Waals surface area contributed by atoms with Crippen molar-refractivity contribution in [2.75, 3.05) is 0 Å². The molecule has 0 aliphatic heterocycles. The fraction of sp³-hybridized carbons (Fsp3) is 0.0952. The van der Waals surface area contributed by atoms with E-state index in [9.17, 15) is 4.79 Å². The van der Waals surface area contributed by atoms with Crippen molar-refractivity contribution in [1.29, 1.82) is 0 Å². The fourth-order valence-corrected chi connectivity index (χ4v) is 2.67. The number of carboxylic acids is 1. The van der Waals surface area contributed by atoms with Crippen molar-refractivity contribution in [3.63, 3.8) is 0 Å². The summed E-state index contributed by atoms with van der Waals surface area (Å²) in [4.78, 5) is 14.9. The molecule has 0 aliphatic carbocycles. The van der Waals surface area contributed by atoms with Crippen LogP contribution in [0.3, 0.4) is 0 Å². The zero-order chi connectivity index (χ0) is 18.6. The van der Waals surface area contributed by atoms with Gasteiger partial charge in [0.15, 0.2) is 11.5 Å². The highest BCUT2D eigenvalue weighted by Crippen LogP contribution is 2.19. The van der Waals surface area contributed by atoms with E-state index in [-0.39, 0.29) is 12.8 Å². The highest BCUT2D eigenvalue weighted by atomic mass is 16.4. The number of furan rings is 1. The zero-order valence-corrected chi connectivity index (χ0v) is 14.3. The molecule has 0 atom stereocenters. The van der Waals surface area contributed by atoms with Gasteiger partial charge < -0.3 is 9.52 Å². The molecule has 4 rings (SSSR count). The molecule has 4 aromatic rings. The number of nitrogens with one attached hydrogen (secondary N) is 1. The molecule has 0 amide bonds. The molecule has 27 heavy (non-hydrogen) atoms. The fourth-order valence-electron chi connectivity index (χ4n) is 2.67. The zero-order valence-electron chi connectivity index (χ0n) is 14.3. The van der Waals surface area contributed by atoms with E-state index in [1.807, 2.05) is 30.3 Å². The SMILES string of the molecule is O=C(O)CCc1nc(-c2ccc(C#Cc3ccc4ccccc4c3)o2)n[nH]1. The first kappa shape index (κ1) is 16.6. The lowest BCUT2D eigenvalue weighted by Crippen LogP contribution is -1.98. The molecule has 2 aromatic heterocycles. The number of nitrogens with zero attached hydrogens (tertiary/aromatic N) is 2. The van der Waals surface area contributed by atoms with Crippen LogP contribution >= 0.6 is 0 Å². The maximum Gasteiger partial charge on any atom is 0.303 e. The van der Waals surface area contributed by atoms with Crippen LogP contribution in [0.2, 0.25) is 0 Å². The van der Waals surface area contributed by atoms with Gasteiger partial charge in [0.05, 0.1) is 6.42 Å². The van der Waals surface area contributed by atoms with Crippen molar-refractivity contribution >= 4 is 16.7 Å². The second kappa shape index (κ2) is 7.18. The maximum atomic E-state index is 10.6. The van der Waals surface area contributed by atoms with Gasteiger partial charge >= 0.3 is 5.97 Å². The number of aromatic nitrogens is 3. The number of hydrogen-bond donors (Lipinski definition) is 2. The molecule has 0 fully saturated rings. The number of benzene rings is 2. The summed E-state index contributed by atoms with van der Waals surface area (Å²) in [6.07, 6.45) is 0.285. The van der Waals surface area contributed by atoms with Crippen LogP contribution in [-0.2, 0) is 11.2 Å². The Morgan fingerprint density at radius 2 is 1.93 bits per heavy atom. The molecule has 2 N–H and O–H groups in total. The number of carboxylic acid groups (broad SMARTS) is 1. The second-order valence-electron chi connectivity index (χ2n) is 5.98. The first-order chi connectivity index (χ1) is 13.2. The van der Waals surface area contributed by atoms with E-state index in [0.717, 1.165) is 10.9 Å². The van der Waals surface area contributed by atoms with Crippen LogP contribution in [0.1, 0.15) is 23.6 Å². The van der Waals surface area contributed by atoms with Gasteiger partial charge in [0.2, 0.25) is 5.82 Å². The Morgan fingerprint density at radius 1 is 1.07 bits per heavy atom. The number of carbonyl (C=O) groups is 1. The number of rotatable bonds is 4. The van der Waals surface area contributed by atoms with Crippen molar-refractivity contribution in [2.45, 2.75) is 12.8 Å². The summed E-state index contributed by atoms with van der Waals surface area (Å²) in [6, 6.07) is 17.7. The molecule has 0 saturated heterocycles. The third-order valence-corrected chi connectivity index (χ3v) is 4.01. The molecule has 2 heterocycles. The van der Waals surface area contributed by atoms with E-state index < -0.39 is 5.97 Å². The summed E-state index contributed by atoms with van der Waals surface area (Å²) in [7, 11) is 0. The molecular formula is C21H15N3O3. The summed E-state index contributed by atoms with van der Waals surface area (Å²) in [5.41, 5.74) is 0.903. The van der Waals surface area contributed by atoms with Gasteiger partial charge in [0.25, 0.3) is 0 Å². The standard InChI is InChI=1S/C21H15N3O3/c25-20(26)12-11-19-22-21(24-23-19)18-10-9-17(27-18)8-6-14-5-7-15-3-1-2-4-16(15)13-14/h1-5,7,9-10,13H,11-12H2,(H,25,26)(H,22,23,24). The van der Waals surface area contributed by atoms with E-state index in [0.29, 0.717) is 23.2 Å². The number of fused-ring (bicyclic) bond motifs is 1. The Bertz CT molecular complexity index is 1180. The van der Waals surface area contributed by atoms with Crippen molar-refractivity contribution in [3.8, 4) is 23.4 Å². The smallest absolute Gasteiger partial charge is 0.303 e. The predicted molar refractivity (Wildman–Crippen MR) is 100.0 cm³/mol. The molecule has 0 saturated carbocycles. The van der Waals surface area contributed by atoms with Crippen molar-refractivity contribution in [3.05, 3.63) is 71.7 Å². The van der Waals surface area contributed by atoms with Gasteiger partial charge in [-0.05, 0) is 41.0 Å². The quantitative estimate of drug-likeness (QED) is 0.544. The van der Waals surface area contributed by atoms with Gasteiger partial charge in [-0.2, -0.15) is 5.10 Å². The lowest BCUT2D eigenvalue weighted by molar-refractivity contribution is -0.137. The number of aryl methyl sites for hydroxylation is 1. The summed E-state index contributed by atoms with van der Waals surface area (Å²) >= 11 is 0. The molecule has 0 radical (unpaired) electrons. The topological polar surface area (TPSA) is 92.0 Å². The number of hydrogen-bond acceptors (Lipinski definition) is 4. The summed E-state index contributed by atoms with van der Waals surface area (Å²) < 4.78 is 5.68. The monoisotopic (exact) mass is 357 g/mol. The summed E-state index contributed by atoms with van der Waals surface area (Å²) in [5.74, 6) is 7.11. The van der Waals surface area contributed by atoms with Crippen LogP contribution in [-0.4, -0.2) is 26.3 Å². The first-order valence-electron chi connectivity index (χ1n) is 8.41. The minimum atomic E-state index is -0.878. The van der Waals surface area contributed by atoms with Gasteiger partial charge in [0, 0.05) is 12.0 Å². The summed E-state index contributed by atoms with van der Waals surface area (Å²) in [5, 5.41) is 17.8. The molecule has 0 unspecified atom stereocenters. The van der Waals surface area contributed by atoms with Crippen LogP contribution < -0.4 is 0 Å². The van der Waals surface area contributed by atoms with E-state index in [4.69, 9.17) is 9.52 Å². The largest absolute Gasteiger partial charge is 0.481 e. The maximum absolute atomic E-state index is 10.6. The van der Waals surface area contributed by atoms with E-state index >= 15 is 0 Å². The molecule has 0 spiro atoms. The van der Waals surface area contributed by atoms with Gasteiger partial charge in [0.1, 0.15) is 5.82 Å². The lowest BCUT2D eigenvalue weighted by Gasteiger charge is -1.96. The average Bonchev–Trinajstić information content (AvgIpc) is 3.34. The van der Waals surface area contributed by atoms with Crippen LogP contribution in [0.4, 0.5) is 0 Å². The number of aliphatic carboxylic acids is 1. The lowest BCUT2D eigenvalue weighted by atomic mass is 10.1. The summed E-state index contributed by atoms with van der Waals surface area (Å²) in [6.45, 7) is 0. The highest BCUT2D eigenvalue weighted by molar-refractivity contribution is 5.83. The Hall–Kier alpha value is -3.85. The Labute approximate surface area is 154 Å². The molecule has 6 nitrogen and oxygen atoms in total. The van der Waals surface area contributed by atoms with Crippen LogP contribution in [0.15, 0.2) is 59.0 Å². The molecule has 0 aliphatic rings. The minimum Gasteiger partial charge on any atom is -0.481 e. The number of H-pyrrole nitrogens is 1. The normalized spacial score (nSPS) is 10.5. The minimum absolute atomic E-state index is 0.00469. The van der Waals surface area contributed by atoms with Gasteiger partial charge in [-0.1, -0.05) is 36.3 Å². The number of aromatic amines is 1. The molecule has 0 bridgehead atoms. The molecule has 2 aromatic carbocycles. The van der Waals surface area contributed by atoms with E-state index in [2.05, 4.69) is 39.2 Å².